The van der Waals surface area contributed by atoms with Gasteiger partial charge < -0.3 is 9.47 Å². The Labute approximate surface area is 212 Å². The minimum Gasteiger partial charge on any atom is -0.488 e. The van der Waals surface area contributed by atoms with Gasteiger partial charge in [-0.2, -0.15) is 10.5 Å². The Balaban J connectivity index is 1.83. The summed E-state index contributed by atoms with van der Waals surface area (Å²) >= 11 is 6.96. The van der Waals surface area contributed by atoms with Crippen LogP contribution in [0.25, 0.3) is 6.08 Å². The monoisotopic (exact) mass is 504 g/mol. The van der Waals surface area contributed by atoms with Gasteiger partial charge in [-0.3, -0.25) is 4.79 Å². The van der Waals surface area contributed by atoms with Gasteiger partial charge in [-0.15, -0.1) is 11.3 Å². The summed E-state index contributed by atoms with van der Waals surface area (Å²) in [5, 5.41) is 19.9. The molecule has 0 aliphatic carbocycles. The highest BCUT2D eigenvalue weighted by atomic mass is 35.5. The van der Waals surface area contributed by atoms with Gasteiger partial charge in [0.15, 0.2) is 5.78 Å². The lowest BCUT2D eigenvalue weighted by molar-refractivity contribution is -0.114. The number of benzene rings is 2. The molecule has 3 rings (SSSR count). The van der Waals surface area contributed by atoms with E-state index in [0.29, 0.717) is 26.8 Å². The zero-order chi connectivity index (χ0) is 25.4. The van der Waals surface area contributed by atoms with Crippen LogP contribution in [0.3, 0.4) is 0 Å². The second kappa shape index (κ2) is 12.0. The molecule has 6 nitrogen and oxygen atoms in total. The van der Waals surface area contributed by atoms with Crippen LogP contribution in [0, 0.1) is 29.6 Å². The number of carbonyl (C=O) groups excluding carboxylic acids is 2. The van der Waals surface area contributed by atoms with Gasteiger partial charge in [0.2, 0.25) is 0 Å². The Morgan fingerprint density at radius 1 is 1.11 bits per heavy atom. The Morgan fingerprint density at radius 3 is 2.49 bits per heavy atom. The largest absolute Gasteiger partial charge is 0.488 e. The van der Waals surface area contributed by atoms with E-state index in [0.717, 1.165) is 16.9 Å². The quantitative estimate of drug-likeness (QED) is 0.199. The summed E-state index contributed by atoms with van der Waals surface area (Å²) in [6.45, 7) is 3.82. The number of allylic oxidation sites excluding steroid dienone is 1. The first-order chi connectivity index (χ1) is 16.9. The van der Waals surface area contributed by atoms with Crippen LogP contribution >= 0.6 is 22.9 Å². The number of halogens is 1. The van der Waals surface area contributed by atoms with Crippen LogP contribution in [-0.2, 0) is 22.6 Å². The van der Waals surface area contributed by atoms with Crippen molar-refractivity contribution in [1.29, 1.82) is 10.5 Å². The summed E-state index contributed by atoms with van der Waals surface area (Å²) in [4.78, 5) is 25.9. The van der Waals surface area contributed by atoms with Gasteiger partial charge in [-0.25, -0.2) is 4.79 Å². The third kappa shape index (κ3) is 6.36. The van der Waals surface area contributed by atoms with Crippen molar-refractivity contribution in [3.8, 4) is 17.9 Å². The van der Waals surface area contributed by atoms with E-state index in [1.807, 2.05) is 18.2 Å². The number of thiophene rings is 1. The first kappa shape index (κ1) is 25.7. The molecule has 35 heavy (non-hydrogen) atoms. The highest BCUT2D eigenvalue weighted by molar-refractivity contribution is 7.14. The molecule has 1 aromatic heterocycles. The SMILES string of the molecule is CCOC(=O)c1sc(CC(=O)C(C#N)=Cc2ccccc2OCc2ccc(Cl)cc2)c(C#N)c1C. The van der Waals surface area contributed by atoms with Crippen molar-refractivity contribution in [3.63, 3.8) is 0 Å². The average molecular weight is 505 g/mol. The first-order valence-electron chi connectivity index (χ1n) is 10.7. The summed E-state index contributed by atoms with van der Waals surface area (Å²) < 4.78 is 11.0. The fourth-order valence-electron chi connectivity index (χ4n) is 3.28. The van der Waals surface area contributed by atoms with Crippen LogP contribution in [0.5, 0.6) is 5.75 Å². The maximum Gasteiger partial charge on any atom is 0.348 e. The number of esters is 1. The summed E-state index contributed by atoms with van der Waals surface area (Å²) in [7, 11) is 0. The molecule has 1 heterocycles. The molecule has 0 saturated heterocycles. The van der Waals surface area contributed by atoms with E-state index >= 15 is 0 Å². The van der Waals surface area contributed by atoms with Crippen molar-refractivity contribution in [3.05, 3.63) is 91.1 Å². The number of nitrogens with zero attached hydrogens (tertiary/aromatic N) is 2. The number of hydrogen-bond acceptors (Lipinski definition) is 7. The number of rotatable bonds is 9. The molecule has 0 aliphatic heterocycles. The van der Waals surface area contributed by atoms with Gasteiger partial charge in [0.25, 0.3) is 0 Å². The second-order valence-corrected chi connectivity index (χ2v) is 8.95. The summed E-state index contributed by atoms with van der Waals surface area (Å²) in [6.07, 6.45) is 1.29. The van der Waals surface area contributed by atoms with E-state index in [9.17, 15) is 20.1 Å². The molecule has 0 saturated carbocycles. The normalized spacial score (nSPS) is 10.8. The molecule has 0 bridgehead atoms. The van der Waals surface area contributed by atoms with Gasteiger partial charge in [0.1, 0.15) is 29.4 Å². The molecule has 8 heteroatoms. The highest BCUT2D eigenvalue weighted by Crippen LogP contribution is 2.30. The summed E-state index contributed by atoms with van der Waals surface area (Å²) in [6, 6.07) is 18.3. The van der Waals surface area contributed by atoms with E-state index in [-0.39, 0.29) is 35.6 Å². The Bertz CT molecular complexity index is 1360. The standard InChI is InChI=1S/C27H21ClN2O4S/c1-3-33-27(32)26-17(2)22(15-30)25(35-26)13-23(31)20(14-29)12-19-6-4-5-7-24(19)34-16-18-8-10-21(28)11-9-18/h4-12H,3,13,16H2,1-2H3. The predicted octanol–water partition coefficient (Wildman–Crippen LogP) is 6.06. The lowest BCUT2D eigenvalue weighted by atomic mass is 10.0. The van der Waals surface area contributed by atoms with E-state index in [1.54, 1.807) is 50.2 Å². The molecule has 0 spiro atoms. The number of ether oxygens (including phenoxy) is 2. The Morgan fingerprint density at radius 2 is 1.83 bits per heavy atom. The third-order valence-electron chi connectivity index (χ3n) is 5.06. The third-order valence-corrected chi connectivity index (χ3v) is 6.58. The van der Waals surface area contributed by atoms with E-state index in [2.05, 4.69) is 6.07 Å². The van der Waals surface area contributed by atoms with E-state index in [4.69, 9.17) is 21.1 Å². The lowest BCUT2D eigenvalue weighted by Crippen LogP contribution is -2.05. The number of nitriles is 2. The van der Waals surface area contributed by atoms with Gasteiger partial charge in [0.05, 0.1) is 17.7 Å². The topological polar surface area (TPSA) is 100 Å². The van der Waals surface area contributed by atoms with Crippen molar-refractivity contribution in [1.82, 2.24) is 0 Å². The molecule has 0 fully saturated rings. The second-order valence-electron chi connectivity index (χ2n) is 7.41. The zero-order valence-electron chi connectivity index (χ0n) is 19.1. The Hall–Kier alpha value is -3.91. The van der Waals surface area contributed by atoms with Crippen LogP contribution < -0.4 is 4.74 Å². The number of hydrogen-bond donors (Lipinski definition) is 0. The number of para-hydroxylation sites is 1. The predicted molar refractivity (Wildman–Crippen MR) is 134 cm³/mol. The highest BCUT2D eigenvalue weighted by Gasteiger charge is 2.23. The zero-order valence-corrected chi connectivity index (χ0v) is 20.7. The van der Waals surface area contributed by atoms with Crippen molar-refractivity contribution >= 4 is 40.8 Å². The summed E-state index contributed by atoms with van der Waals surface area (Å²) in [5.74, 6) is -0.488. The minimum atomic E-state index is -0.534. The maximum atomic E-state index is 13.0. The molecular weight excluding hydrogens is 484 g/mol. The number of carbonyl (C=O) groups is 2. The van der Waals surface area contributed by atoms with E-state index in [1.165, 1.54) is 6.08 Å². The molecule has 176 valence electrons. The van der Waals surface area contributed by atoms with Crippen LogP contribution in [0.4, 0.5) is 0 Å². The van der Waals surface area contributed by atoms with Gasteiger partial charge >= 0.3 is 5.97 Å². The van der Waals surface area contributed by atoms with Crippen LogP contribution in [0.2, 0.25) is 5.02 Å². The molecule has 0 radical (unpaired) electrons. The summed E-state index contributed by atoms with van der Waals surface area (Å²) in [5.41, 5.74) is 2.14. The van der Waals surface area contributed by atoms with Crippen LogP contribution in [-0.4, -0.2) is 18.4 Å². The molecule has 2 aromatic carbocycles. The van der Waals surface area contributed by atoms with Crippen molar-refractivity contribution in [2.24, 2.45) is 0 Å². The molecule has 0 unspecified atom stereocenters. The lowest BCUT2D eigenvalue weighted by Gasteiger charge is -2.10. The first-order valence-corrected chi connectivity index (χ1v) is 11.9. The fraction of sp³-hybridized carbons (Fsp3) is 0.185. The van der Waals surface area contributed by atoms with Gasteiger partial charge in [0, 0.05) is 21.9 Å². The van der Waals surface area contributed by atoms with Gasteiger partial charge in [-0.1, -0.05) is 41.9 Å². The van der Waals surface area contributed by atoms with Crippen molar-refractivity contribution < 1.29 is 19.1 Å². The fourth-order valence-corrected chi connectivity index (χ4v) is 4.55. The smallest absolute Gasteiger partial charge is 0.348 e. The van der Waals surface area contributed by atoms with E-state index < -0.39 is 11.8 Å². The maximum absolute atomic E-state index is 13.0. The molecule has 0 aliphatic rings. The number of ketones is 1. The van der Waals surface area contributed by atoms with Crippen LogP contribution in [0.1, 0.15) is 43.7 Å². The minimum absolute atomic E-state index is 0.0832. The van der Waals surface area contributed by atoms with Crippen LogP contribution in [0.15, 0.2) is 54.1 Å². The van der Waals surface area contributed by atoms with Crippen molar-refractivity contribution in [2.45, 2.75) is 26.9 Å². The Kier molecular flexibility index (Phi) is 8.80. The molecular formula is C27H21ClN2O4S. The van der Waals surface area contributed by atoms with Gasteiger partial charge in [-0.05, 0) is 49.2 Å². The average Bonchev–Trinajstić information content (AvgIpc) is 3.17. The molecule has 0 atom stereocenters. The number of Topliss-reactive ketones (excluding diaryl/α,β-unsaturated/α-hetero) is 1. The molecule has 0 amide bonds. The molecule has 3 aromatic rings. The molecule has 0 N–H and O–H groups in total. The van der Waals surface area contributed by atoms with Crippen molar-refractivity contribution in [2.75, 3.05) is 6.61 Å².